The molecule has 5 heteroatoms. The van der Waals surface area contributed by atoms with E-state index in [2.05, 4.69) is 56.8 Å². The third-order valence-electron chi connectivity index (χ3n) is 3.18. The van der Waals surface area contributed by atoms with Crippen molar-refractivity contribution in [3.63, 3.8) is 0 Å². The molecule has 0 heterocycles. The van der Waals surface area contributed by atoms with Gasteiger partial charge < -0.3 is 14.9 Å². The average Bonchev–Trinajstić information content (AvgIpc) is 2.56. The van der Waals surface area contributed by atoms with Gasteiger partial charge in [0, 0.05) is 38.7 Å². The molecule has 4 nitrogen and oxygen atoms in total. The highest BCUT2D eigenvalue weighted by molar-refractivity contribution is 5.74. The fraction of sp³-hybridized carbons (Fsp3) is 0.500. The molecule has 0 aromatic carbocycles. The van der Waals surface area contributed by atoms with Crippen molar-refractivity contribution in [1.29, 1.82) is 0 Å². The summed E-state index contributed by atoms with van der Waals surface area (Å²) in [5, 5.41) is 8.96. The maximum absolute atomic E-state index is 12.1. The van der Waals surface area contributed by atoms with Crippen LogP contribution in [0.4, 0.5) is 4.39 Å². The van der Waals surface area contributed by atoms with Crippen molar-refractivity contribution in [3.05, 3.63) is 61.4 Å². The minimum atomic E-state index is -0.525. The SMILES string of the molecule is C=C(F)C=N/C=C\CC/C=C(\C)N(C)C.C=C/C=C/N(CO)CC(C)(C)C. The third kappa shape index (κ3) is 21.8. The number of hydrogen-bond donors (Lipinski definition) is 1. The van der Waals surface area contributed by atoms with Crippen LogP contribution in [0.5, 0.6) is 0 Å². The molecule has 0 bridgehead atoms. The van der Waals surface area contributed by atoms with Crippen molar-refractivity contribution in [2.24, 2.45) is 10.4 Å². The van der Waals surface area contributed by atoms with E-state index in [9.17, 15) is 4.39 Å². The first-order valence-electron chi connectivity index (χ1n) is 9.04. The second-order valence-corrected chi connectivity index (χ2v) is 7.45. The zero-order valence-corrected chi connectivity index (χ0v) is 18.0. The van der Waals surface area contributed by atoms with Crippen molar-refractivity contribution in [1.82, 2.24) is 9.80 Å². The standard InChI is InChI=1S/C12H19FN2.C10H19NO/c1-11(13)10-14-9-7-5-6-8-12(2)15(3)4;1-5-6-7-11(9-12)8-10(2,3)4/h7-10H,1,5-6H2,2-4H3;5-7,12H,1,8-9H2,2-4H3/b9-7-,12-8+,14-10?;7-6+. The summed E-state index contributed by atoms with van der Waals surface area (Å²) in [4.78, 5) is 7.62. The summed E-state index contributed by atoms with van der Waals surface area (Å²) in [6.45, 7) is 16.0. The van der Waals surface area contributed by atoms with Crippen LogP contribution in [0.15, 0.2) is 66.4 Å². The Hall–Kier alpha value is -2.14. The summed E-state index contributed by atoms with van der Waals surface area (Å²) in [7, 11) is 4.03. The van der Waals surface area contributed by atoms with E-state index in [0.29, 0.717) is 0 Å². The zero-order chi connectivity index (χ0) is 21.3. The first-order chi connectivity index (χ1) is 12.5. The molecule has 1 N–H and O–H groups in total. The van der Waals surface area contributed by atoms with Gasteiger partial charge >= 0.3 is 0 Å². The Morgan fingerprint density at radius 3 is 2.30 bits per heavy atom. The number of allylic oxidation sites excluding steroid dienone is 6. The van der Waals surface area contributed by atoms with Gasteiger partial charge in [-0.05, 0) is 31.3 Å². The van der Waals surface area contributed by atoms with Crippen molar-refractivity contribution in [2.75, 3.05) is 27.4 Å². The van der Waals surface area contributed by atoms with Crippen molar-refractivity contribution in [2.45, 2.75) is 40.5 Å². The molecule has 0 aromatic rings. The van der Waals surface area contributed by atoms with Crippen LogP contribution >= 0.6 is 0 Å². The van der Waals surface area contributed by atoms with Gasteiger partial charge in [-0.1, -0.05) is 52.2 Å². The van der Waals surface area contributed by atoms with Crippen LogP contribution in [0.1, 0.15) is 40.5 Å². The molecule has 154 valence electrons. The molecule has 0 spiro atoms. The zero-order valence-electron chi connectivity index (χ0n) is 18.0. The van der Waals surface area contributed by atoms with Gasteiger partial charge in [-0.2, -0.15) is 0 Å². The highest BCUT2D eigenvalue weighted by atomic mass is 19.1. The molecule has 0 saturated heterocycles. The molecular weight excluding hydrogens is 341 g/mol. The first kappa shape index (κ1) is 27.1. The van der Waals surface area contributed by atoms with Gasteiger partial charge in [0.2, 0.25) is 0 Å². The number of aliphatic hydroxyl groups is 1. The van der Waals surface area contributed by atoms with Gasteiger partial charge in [-0.3, -0.25) is 4.99 Å². The van der Waals surface area contributed by atoms with E-state index in [-0.39, 0.29) is 12.1 Å². The second-order valence-electron chi connectivity index (χ2n) is 7.45. The predicted octanol–water partition coefficient (Wildman–Crippen LogP) is 5.28. The average molecular weight is 380 g/mol. The molecule has 0 radical (unpaired) electrons. The van der Waals surface area contributed by atoms with Gasteiger partial charge in [-0.15, -0.1) is 0 Å². The van der Waals surface area contributed by atoms with E-state index < -0.39 is 5.83 Å². The van der Waals surface area contributed by atoms with E-state index in [4.69, 9.17) is 5.11 Å². The maximum Gasteiger partial charge on any atom is 0.134 e. The van der Waals surface area contributed by atoms with Gasteiger partial charge in [0.05, 0.1) is 6.21 Å². The summed E-state index contributed by atoms with van der Waals surface area (Å²) >= 11 is 0. The summed E-state index contributed by atoms with van der Waals surface area (Å²) < 4.78 is 12.1. The maximum atomic E-state index is 12.1. The van der Waals surface area contributed by atoms with E-state index in [1.165, 1.54) is 5.70 Å². The lowest BCUT2D eigenvalue weighted by Gasteiger charge is -2.26. The molecule has 0 unspecified atom stereocenters. The van der Waals surface area contributed by atoms with Crippen LogP contribution in [-0.4, -0.2) is 48.5 Å². The number of halogens is 1. The quantitative estimate of drug-likeness (QED) is 0.243. The van der Waals surface area contributed by atoms with Crippen LogP contribution in [0, 0.1) is 5.41 Å². The Kier molecular flexibility index (Phi) is 16.1. The molecule has 0 amide bonds. The van der Waals surface area contributed by atoms with Gasteiger partial charge in [-0.25, -0.2) is 4.39 Å². The molecule has 27 heavy (non-hydrogen) atoms. The Balaban J connectivity index is 0. The Bertz CT molecular complexity index is 526. The lowest BCUT2D eigenvalue weighted by atomic mass is 9.96. The summed E-state index contributed by atoms with van der Waals surface area (Å²) in [6, 6.07) is 0. The minimum absolute atomic E-state index is 0.0572. The Labute approximate surface area is 165 Å². The molecule has 0 aliphatic heterocycles. The highest BCUT2D eigenvalue weighted by Crippen LogP contribution is 2.14. The smallest absolute Gasteiger partial charge is 0.134 e. The van der Waals surface area contributed by atoms with E-state index in [0.717, 1.165) is 25.6 Å². The second kappa shape index (κ2) is 16.1. The molecule has 0 atom stereocenters. The Morgan fingerprint density at radius 2 is 1.85 bits per heavy atom. The molecule has 0 rings (SSSR count). The number of nitrogens with zero attached hydrogens (tertiary/aromatic N) is 3. The third-order valence-corrected chi connectivity index (χ3v) is 3.18. The normalized spacial score (nSPS) is 12.4. The minimum Gasteiger partial charge on any atom is -0.381 e. The van der Waals surface area contributed by atoms with Crippen LogP contribution < -0.4 is 0 Å². The van der Waals surface area contributed by atoms with Crippen molar-refractivity contribution in [3.8, 4) is 0 Å². The van der Waals surface area contributed by atoms with Crippen LogP contribution in [-0.2, 0) is 0 Å². The first-order valence-corrected chi connectivity index (χ1v) is 9.04. The molecule has 0 aliphatic rings. The Morgan fingerprint density at radius 1 is 1.22 bits per heavy atom. The fourth-order valence-electron chi connectivity index (χ4n) is 1.77. The molecular formula is C22H38FN3O. The molecule has 0 aromatic heterocycles. The summed E-state index contributed by atoms with van der Waals surface area (Å²) in [5.74, 6) is -0.525. The topological polar surface area (TPSA) is 39.1 Å². The number of hydrogen-bond acceptors (Lipinski definition) is 4. The van der Waals surface area contributed by atoms with Crippen molar-refractivity contribution >= 4 is 6.21 Å². The molecule has 0 aliphatic carbocycles. The monoisotopic (exact) mass is 379 g/mol. The lowest BCUT2D eigenvalue weighted by Crippen LogP contribution is -2.29. The van der Waals surface area contributed by atoms with Gasteiger partial charge in [0.1, 0.15) is 12.6 Å². The van der Waals surface area contributed by atoms with E-state index in [1.54, 1.807) is 12.3 Å². The largest absolute Gasteiger partial charge is 0.381 e. The highest BCUT2D eigenvalue weighted by Gasteiger charge is 2.12. The summed E-state index contributed by atoms with van der Waals surface area (Å²) in [6.07, 6.45) is 14.0. The lowest BCUT2D eigenvalue weighted by molar-refractivity contribution is 0.118. The van der Waals surface area contributed by atoms with Gasteiger partial charge in [0.25, 0.3) is 0 Å². The van der Waals surface area contributed by atoms with Crippen LogP contribution in [0.2, 0.25) is 0 Å². The van der Waals surface area contributed by atoms with E-state index in [1.807, 2.05) is 37.3 Å². The number of aliphatic hydroxyl groups excluding tert-OH is 1. The molecule has 0 saturated carbocycles. The van der Waals surface area contributed by atoms with Crippen LogP contribution in [0.3, 0.4) is 0 Å². The predicted molar refractivity (Wildman–Crippen MR) is 117 cm³/mol. The van der Waals surface area contributed by atoms with E-state index >= 15 is 0 Å². The summed E-state index contributed by atoms with van der Waals surface area (Å²) in [5.41, 5.74) is 1.44. The number of rotatable bonds is 10. The number of aliphatic imine (C=N–C) groups is 1. The number of unbranched alkanes of at least 4 members (excludes halogenated alkanes) is 1. The van der Waals surface area contributed by atoms with Gasteiger partial charge in [0.15, 0.2) is 0 Å². The van der Waals surface area contributed by atoms with Crippen molar-refractivity contribution < 1.29 is 9.50 Å². The fourth-order valence-corrected chi connectivity index (χ4v) is 1.77. The van der Waals surface area contributed by atoms with Crippen LogP contribution in [0.25, 0.3) is 0 Å². The molecule has 0 fully saturated rings.